The Hall–Kier alpha value is -3.13. The molecule has 158 valence electrons. The fourth-order valence-corrected chi connectivity index (χ4v) is 5.08. The van der Waals surface area contributed by atoms with Gasteiger partial charge < -0.3 is 4.90 Å². The van der Waals surface area contributed by atoms with Crippen molar-refractivity contribution >= 4 is 22.9 Å². The predicted octanol–water partition coefficient (Wildman–Crippen LogP) is 4.54. The van der Waals surface area contributed by atoms with Crippen molar-refractivity contribution in [3.05, 3.63) is 71.0 Å². The van der Waals surface area contributed by atoms with Crippen LogP contribution in [-0.4, -0.2) is 43.0 Å². The molecule has 1 saturated heterocycles. The average Bonchev–Trinajstić information content (AvgIpc) is 3.37. The van der Waals surface area contributed by atoms with Crippen LogP contribution in [0.5, 0.6) is 0 Å². The minimum atomic E-state index is -0.297. The summed E-state index contributed by atoms with van der Waals surface area (Å²) in [5.74, 6) is 0.371. The monoisotopic (exact) mass is 435 g/mol. The normalized spacial score (nSPS) is 16.7. The third-order valence-corrected chi connectivity index (χ3v) is 6.65. The first-order chi connectivity index (χ1) is 15.1. The summed E-state index contributed by atoms with van der Waals surface area (Å²) < 4.78 is 15.2. The number of halogens is 1. The van der Waals surface area contributed by atoms with Crippen molar-refractivity contribution in [2.24, 2.45) is 0 Å². The van der Waals surface area contributed by atoms with Crippen LogP contribution in [0, 0.1) is 12.7 Å². The first-order valence-corrected chi connectivity index (χ1v) is 11.2. The number of carbonyl (C=O) groups excluding carboxylic acids is 1. The van der Waals surface area contributed by atoms with E-state index in [4.69, 9.17) is 0 Å². The van der Waals surface area contributed by atoms with Gasteiger partial charge in [0.15, 0.2) is 11.5 Å². The molecular formula is C23H22FN5OS. The fraction of sp³-hybridized carbons (Fsp3) is 0.304. The lowest BCUT2D eigenvalue weighted by molar-refractivity contribution is 0.0606. The van der Waals surface area contributed by atoms with E-state index in [9.17, 15) is 9.18 Å². The van der Waals surface area contributed by atoms with Crippen LogP contribution in [-0.2, 0) is 6.42 Å². The van der Waals surface area contributed by atoms with Crippen LogP contribution in [0.3, 0.4) is 0 Å². The smallest absolute Gasteiger partial charge is 0.274 e. The molecule has 4 aromatic rings. The van der Waals surface area contributed by atoms with Crippen LogP contribution in [0.2, 0.25) is 0 Å². The topological polar surface area (TPSA) is 63.4 Å². The van der Waals surface area contributed by atoms with Gasteiger partial charge in [-0.15, -0.1) is 11.3 Å². The Morgan fingerprint density at radius 1 is 1.16 bits per heavy atom. The molecule has 4 heterocycles. The van der Waals surface area contributed by atoms with Crippen LogP contribution < -0.4 is 0 Å². The average molecular weight is 436 g/mol. The number of pyridine rings is 1. The van der Waals surface area contributed by atoms with E-state index in [0.717, 1.165) is 46.2 Å². The number of likely N-dealkylation sites (tertiary alicyclic amines) is 1. The van der Waals surface area contributed by atoms with Gasteiger partial charge in [-0.25, -0.2) is 18.9 Å². The molecule has 1 fully saturated rings. The van der Waals surface area contributed by atoms with Gasteiger partial charge in [-0.05, 0) is 56.0 Å². The van der Waals surface area contributed by atoms with Crippen molar-refractivity contribution in [3.8, 4) is 10.4 Å². The Kier molecular flexibility index (Phi) is 5.23. The maximum atomic E-state index is 13.6. The van der Waals surface area contributed by atoms with E-state index in [1.54, 1.807) is 16.6 Å². The van der Waals surface area contributed by atoms with Gasteiger partial charge in [-0.3, -0.25) is 4.79 Å². The number of carbonyl (C=O) groups is 1. The Bertz CT molecular complexity index is 1200. The van der Waals surface area contributed by atoms with Crippen LogP contribution in [0.15, 0.2) is 48.7 Å². The molecule has 3 aromatic heterocycles. The number of rotatable bonds is 4. The quantitative estimate of drug-likeness (QED) is 0.472. The Balaban J connectivity index is 1.44. The van der Waals surface area contributed by atoms with E-state index in [1.807, 2.05) is 36.2 Å². The molecule has 1 aromatic carbocycles. The lowest BCUT2D eigenvalue weighted by atomic mass is 9.98. The predicted molar refractivity (Wildman–Crippen MR) is 118 cm³/mol. The molecule has 1 amide bonds. The molecule has 0 bridgehead atoms. The van der Waals surface area contributed by atoms with Gasteiger partial charge in [0.2, 0.25) is 0 Å². The van der Waals surface area contributed by atoms with E-state index >= 15 is 0 Å². The van der Waals surface area contributed by atoms with Gasteiger partial charge in [0.25, 0.3) is 5.91 Å². The summed E-state index contributed by atoms with van der Waals surface area (Å²) in [6, 6.07) is 12.0. The van der Waals surface area contributed by atoms with E-state index in [-0.39, 0.29) is 17.8 Å². The first-order valence-electron chi connectivity index (χ1n) is 10.4. The summed E-state index contributed by atoms with van der Waals surface area (Å²) in [5.41, 5.74) is 2.06. The number of hydrogen-bond donors (Lipinski definition) is 0. The van der Waals surface area contributed by atoms with Crippen molar-refractivity contribution in [2.45, 2.75) is 38.6 Å². The summed E-state index contributed by atoms with van der Waals surface area (Å²) in [4.78, 5) is 25.5. The zero-order chi connectivity index (χ0) is 21.4. The number of nitrogens with zero attached hydrogens (tertiary/aromatic N) is 5. The maximum Gasteiger partial charge on any atom is 0.274 e. The lowest BCUT2D eigenvalue weighted by Gasteiger charge is -2.35. The van der Waals surface area contributed by atoms with Gasteiger partial charge in [-0.1, -0.05) is 18.2 Å². The van der Waals surface area contributed by atoms with E-state index in [0.29, 0.717) is 18.7 Å². The molecule has 8 heteroatoms. The minimum absolute atomic E-state index is 0.0294. The van der Waals surface area contributed by atoms with E-state index in [2.05, 4.69) is 15.1 Å². The summed E-state index contributed by atoms with van der Waals surface area (Å²) in [7, 11) is 0. The lowest BCUT2D eigenvalue weighted by Crippen LogP contribution is -2.45. The number of thiazole rings is 1. The molecule has 0 aliphatic carbocycles. The summed E-state index contributed by atoms with van der Waals surface area (Å²) in [5, 5.41) is 5.39. The molecule has 0 saturated carbocycles. The SMILES string of the molecule is Cc1nc(C(=O)N2CCCCC2Cc2nc3ccccn3n2)c(-c2ccc(F)cc2)s1. The number of fused-ring (bicyclic) bond motifs is 1. The standard InChI is InChI=1S/C23H22FN5OS/c1-15-25-21(22(31-15)16-8-10-17(24)11-9-16)23(30)28-12-4-2-6-18(28)14-19-26-20-7-3-5-13-29(20)27-19/h3,5,7-11,13,18H,2,4,6,12,14H2,1H3. The van der Waals surface area contributed by atoms with Crippen LogP contribution in [0.1, 0.15) is 40.6 Å². The molecule has 1 atom stereocenters. The van der Waals surface area contributed by atoms with Crippen molar-refractivity contribution in [3.63, 3.8) is 0 Å². The fourth-order valence-electron chi connectivity index (χ4n) is 4.16. The van der Waals surface area contributed by atoms with Gasteiger partial charge in [0, 0.05) is 25.2 Å². The number of piperidine rings is 1. The largest absolute Gasteiger partial charge is 0.334 e. The van der Waals surface area contributed by atoms with Crippen molar-refractivity contribution < 1.29 is 9.18 Å². The molecule has 1 aliphatic heterocycles. The van der Waals surface area contributed by atoms with Crippen LogP contribution >= 0.6 is 11.3 Å². The Labute approximate surface area is 183 Å². The van der Waals surface area contributed by atoms with Crippen LogP contribution in [0.25, 0.3) is 16.1 Å². The Morgan fingerprint density at radius 3 is 2.81 bits per heavy atom. The zero-order valence-corrected chi connectivity index (χ0v) is 18.0. The first kappa shape index (κ1) is 19.8. The van der Waals surface area contributed by atoms with Gasteiger partial charge in [-0.2, -0.15) is 5.10 Å². The van der Waals surface area contributed by atoms with Gasteiger partial charge >= 0.3 is 0 Å². The van der Waals surface area contributed by atoms with Gasteiger partial charge in [0.1, 0.15) is 11.5 Å². The van der Waals surface area contributed by atoms with Crippen molar-refractivity contribution in [2.75, 3.05) is 6.54 Å². The highest BCUT2D eigenvalue weighted by Gasteiger charge is 2.31. The molecule has 31 heavy (non-hydrogen) atoms. The number of aryl methyl sites for hydroxylation is 1. The van der Waals surface area contributed by atoms with Gasteiger partial charge in [0.05, 0.1) is 9.88 Å². The van der Waals surface area contributed by atoms with Crippen molar-refractivity contribution in [1.29, 1.82) is 0 Å². The third-order valence-electron chi connectivity index (χ3n) is 5.63. The zero-order valence-electron chi connectivity index (χ0n) is 17.2. The molecule has 0 radical (unpaired) electrons. The van der Waals surface area contributed by atoms with E-state index < -0.39 is 0 Å². The summed E-state index contributed by atoms with van der Waals surface area (Å²) in [6.45, 7) is 2.58. The molecular weight excluding hydrogens is 413 g/mol. The Morgan fingerprint density at radius 2 is 2.00 bits per heavy atom. The highest BCUT2D eigenvalue weighted by molar-refractivity contribution is 7.15. The second kappa shape index (κ2) is 8.19. The molecule has 5 rings (SSSR count). The third kappa shape index (κ3) is 3.95. The highest BCUT2D eigenvalue weighted by atomic mass is 32.1. The second-order valence-electron chi connectivity index (χ2n) is 7.80. The molecule has 0 N–H and O–H groups in total. The number of aromatic nitrogens is 4. The maximum absolute atomic E-state index is 13.6. The summed E-state index contributed by atoms with van der Waals surface area (Å²) >= 11 is 1.46. The molecule has 0 spiro atoms. The highest BCUT2D eigenvalue weighted by Crippen LogP contribution is 2.32. The van der Waals surface area contributed by atoms with Crippen molar-refractivity contribution in [1.82, 2.24) is 24.5 Å². The minimum Gasteiger partial charge on any atom is -0.334 e. The number of benzene rings is 1. The number of hydrogen-bond acceptors (Lipinski definition) is 5. The molecule has 1 aliphatic rings. The number of amides is 1. The van der Waals surface area contributed by atoms with Crippen LogP contribution in [0.4, 0.5) is 4.39 Å². The summed E-state index contributed by atoms with van der Waals surface area (Å²) in [6.07, 6.45) is 5.44. The molecule has 1 unspecified atom stereocenters. The molecule has 6 nitrogen and oxygen atoms in total. The van der Waals surface area contributed by atoms with E-state index in [1.165, 1.54) is 23.5 Å². The second-order valence-corrected chi connectivity index (χ2v) is 9.00.